The number of halogens is 1. The average molecular weight is 214 g/mol. The molecule has 14 heavy (non-hydrogen) atoms. The lowest BCUT2D eigenvalue weighted by atomic mass is 10.1. The Kier molecular flexibility index (Phi) is 2.79. The molecule has 0 aromatic heterocycles. The van der Waals surface area contributed by atoms with Crippen molar-refractivity contribution in [1.82, 2.24) is 5.32 Å². The van der Waals surface area contributed by atoms with Crippen molar-refractivity contribution in [2.45, 2.75) is 6.54 Å². The van der Waals surface area contributed by atoms with E-state index in [2.05, 4.69) is 5.32 Å². The average Bonchev–Trinajstić information content (AvgIpc) is 2.23. The van der Waals surface area contributed by atoms with Gasteiger partial charge in [-0.1, -0.05) is 11.6 Å². The van der Waals surface area contributed by atoms with E-state index >= 15 is 0 Å². The summed E-state index contributed by atoms with van der Waals surface area (Å²) < 4.78 is 11.0. The monoisotopic (exact) mass is 213 g/mol. The number of ether oxygens (including phenoxy) is 2. The Labute approximate surface area is 88.0 Å². The number of rotatable bonds is 2. The molecule has 76 valence electrons. The molecular weight excluding hydrogens is 202 g/mol. The van der Waals surface area contributed by atoms with Gasteiger partial charge in [-0.25, -0.2) is 0 Å². The van der Waals surface area contributed by atoms with Crippen LogP contribution >= 0.6 is 11.6 Å². The van der Waals surface area contributed by atoms with Crippen molar-refractivity contribution in [3.8, 4) is 11.5 Å². The maximum Gasteiger partial charge on any atom is 0.167 e. The van der Waals surface area contributed by atoms with E-state index in [1.807, 2.05) is 19.2 Å². The lowest BCUT2D eigenvalue weighted by Crippen LogP contribution is -2.18. The number of hydrogen-bond acceptors (Lipinski definition) is 3. The van der Waals surface area contributed by atoms with E-state index in [0.717, 1.165) is 17.1 Å². The van der Waals surface area contributed by atoms with Gasteiger partial charge in [-0.05, 0) is 19.2 Å². The Morgan fingerprint density at radius 1 is 1.36 bits per heavy atom. The van der Waals surface area contributed by atoms with Gasteiger partial charge in [-0.3, -0.25) is 0 Å². The molecule has 0 saturated carbocycles. The molecule has 1 aliphatic rings. The Bertz CT molecular complexity index is 341. The van der Waals surface area contributed by atoms with Gasteiger partial charge in [0.2, 0.25) is 0 Å². The van der Waals surface area contributed by atoms with Crippen molar-refractivity contribution in [1.29, 1.82) is 0 Å². The van der Waals surface area contributed by atoms with E-state index in [1.165, 1.54) is 0 Å². The minimum atomic E-state index is 0.587. The van der Waals surface area contributed by atoms with Crippen molar-refractivity contribution in [3.63, 3.8) is 0 Å². The molecule has 0 radical (unpaired) electrons. The SMILES string of the molecule is CNCc1c(Cl)ccc2c1OCCO2. The molecule has 0 amide bonds. The predicted molar refractivity (Wildman–Crippen MR) is 55.2 cm³/mol. The maximum absolute atomic E-state index is 6.06. The molecule has 3 nitrogen and oxygen atoms in total. The fraction of sp³-hybridized carbons (Fsp3) is 0.400. The van der Waals surface area contributed by atoms with Crippen LogP contribution in [0.1, 0.15) is 5.56 Å². The highest BCUT2D eigenvalue weighted by molar-refractivity contribution is 6.31. The summed E-state index contributed by atoms with van der Waals surface area (Å²) in [6.45, 7) is 1.88. The van der Waals surface area contributed by atoms with Crippen molar-refractivity contribution in [2.24, 2.45) is 0 Å². The highest BCUT2D eigenvalue weighted by Gasteiger charge is 2.17. The Morgan fingerprint density at radius 3 is 2.93 bits per heavy atom. The molecule has 0 atom stereocenters. The second-order valence-electron chi connectivity index (χ2n) is 3.08. The van der Waals surface area contributed by atoms with Gasteiger partial charge in [0.1, 0.15) is 13.2 Å². The lowest BCUT2D eigenvalue weighted by molar-refractivity contribution is 0.170. The number of fused-ring (bicyclic) bond motifs is 1. The molecule has 1 aromatic rings. The van der Waals surface area contributed by atoms with Gasteiger partial charge >= 0.3 is 0 Å². The molecule has 0 unspecified atom stereocenters. The van der Waals surface area contributed by atoms with Gasteiger partial charge in [0, 0.05) is 17.1 Å². The number of hydrogen-bond donors (Lipinski definition) is 1. The van der Waals surface area contributed by atoms with E-state index in [9.17, 15) is 0 Å². The topological polar surface area (TPSA) is 30.5 Å². The quantitative estimate of drug-likeness (QED) is 0.813. The first-order valence-electron chi connectivity index (χ1n) is 4.54. The van der Waals surface area contributed by atoms with Crippen LogP contribution in [0.5, 0.6) is 11.5 Å². The van der Waals surface area contributed by atoms with Crippen LogP contribution in [0.3, 0.4) is 0 Å². The third kappa shape index (κ3) is 1.65. The van der Waals surface area contributed by atoms with Crippen LogP contribution in [0, 0.1) is 0 Å². The Balaban J connectivity index is 2.43. The van der Waals surface area contributed by atoms with Gasteiger partial charge < -0.3 is 14.8 Å². The molecular formula is C10H12ClNO2. The van der Waals surface area contributed by atoms with E-state index in [4.69, 9.17) is 21.1 Å². The van der Waals surface area contributed by atoms with Crippen molar-refractivity contribution in [3.05, 3.63) is 22.7 Å². The van der Waals surface area contributed by atoms with Crippen LogP contribution in [0.15, 0.2) is 12.1 Å². The Hall–Kier alpha value is -0.930. The zero-order valence-electron chi connectivity index (χ0n) is 7.97. The van der Waals surface area contributed by atoms with E-state index in [-0.39, 0.29) is 0 Å². The summed E-state index contributed by atoms with van der Waals surface area (Å²) in [6, 6.07) is 3.68. The molecule has 1 aromatic carbocycles. The van der Waals surface area contributed by atoms with Gasteiger partial charge in [0.15, 0.2) is 11.5 Å². The standard InChI is InChI=1S/C10H12ClNO2/c1-12-6-7-8(11)2-3-9-10(7)14-5-4-13-9/h2-3,12H,4-6H2,1H3. The van der Waals surface area contributed by atoms with Crippen molar-refractivity contribution < 1.29 is 9.47 Å². The zero-order valence-corrected chi connectivity index (χ0v) is 8.73. The summed E-state index contributed by atoms with van der Waals surface area (Å²) in [5.41, 5.74) is 0.964. The largest absolute Gasteiger partial charge is 0.486 e. The number of nitrogens with one attached hydrogen (secondary N) is 1. The van der Waals surface area contributed by atoms with Gasteiger partial charge in [-0.2, -0.15) is 0 Å². The summed E-state index contributed by atoms with van der Waals surface area (Å²) in [7, 11) is 1.87. The highest BCUT2D eigenvalue weighted by atomic mass is 35.5. The molecule has 1 heterocycles. The van der Waals surface area contributed by atoms with E-state index < -0.39 is 0 Å². The predicted octanol–water partition coefficient (Wildman–Crippen LogP) is 1.83. The molecule has 0 aliphatic carbocycles. The fourth-order valence-corrected chi connectivity index (χ4v) is 1.71. The molecule has 0 fully saturated rings. The second-order valence-corrected chi connectivity index (χ2v) is 3.49. The first-order valence-corrected chi connectivity index (χ1v) is 4.92. The third-order valence-electron chi connectivity index (χ3n) is 2.11. The first-order chi connectivity index (χ1) is 6.83. The summed E-state index contributed by atoms with van der Waals surface area (Å²) in [5, 5.41) is 3.77. The Morgan fingerprint density at radius 2 is 2.14 bits per heavy atom. The fourth-order valence-electron chi connectivity index (χ4n) is 1.49. The zero-order chi connectivity index (χ0) is 9.97. The summed E-state index contributed by atoms with van der Waals surface area (Å²) >= 11 is 6.06. The summed E-state index contributed by atoms with van der Waals surface area (Å²) in [5.74, 6) is 1.56. The minimum Gasteiger partial charge on any atom is -0.486 e. The number of benzene rings is 1. The van der Waals surface area contributed by atoms with Crippen molar-refractivity contribution in [2.75, 3.05) is 20.3 Å². The van der Waals surface area contributed by atoms with Crippen LogP contribution in [0.25, 0.3) is 0 Å². The van der Waals surface area contributed by atoms with E-state index in [1.54, 1.807) is 0 Å². The van der Waals surface area contributed by atoms with Gasteiger partial charge in [0.25, 0.3) is 0 Å². The third-order valence-corrected chi connectivity index (χ3v) is 2.46. The summed E-state index contributed by atoms with van der Waals surface area (Å²) in [6.07, 6.45) is 0. The minimum absolute atomic E-state index is 0.587. The van der Waals surface area contributed by atoms with Gasteiger partial charge in [0.05, 0.1) is 0 Å². The molecule has 4 heteroatoms. The first kappa shape index (κ1) is 9.62. The molecule has 0 spiro atoms. The van der Waals surface area contributed by atoms with Gasteiger partial charge in [-0.15, -0.1) is 0 Å². The highest BCUT2D eigenvalue weighted by Crippen LogP contribution is 2.37. The van der Waals surface area contributed by atoms with Crippen LogP contribution < -0.4 is 14.8 Å². The van der Waals surface area contributed by atoms with E-state index in [0.29, 0.717) is 24.8 Å². The molecule has 1 aliphatic heterocycles. The normalized spacial score (nSPS) is 14.1. The maximum atomic E-state index is 6.06. The molecule has 0 bridgehead atoms. The van der Waals surface area contributed by atoms with Crippen LogP contribution in [0.4, 0.5) is 0 Å². The smallest absolute Gasteiger partial charge is 0.167 e. The van der Waals surface area contributed by atoms with Crippen LogP contribution in [-0.2, 0) is 6.54 Å². The molecule has 0 saturated heterocycles. The second kappa shape index (κ2) is 4.07. The summed E-state index contributed by atoms with van der Waals surface area (Å²) in [4.78, 5) is 0. The molecule has 2 rings (SSSR count). The molecule has 1 N–H and O–H groups in total. The van der Waals surface area contributed by atoms with Crippen molar-refractivity contribution >= 4 is 11.6 Å². The van der Waals surface area contributed by atoms with Crippen LogP contribution in [0.2, 0.25) is 5.02 Å². The lowest BCUT2D eigenvalue weighted by Gasteiger charge is -2.21. The van der Waals surface area contributed by atoms with Crippen LogP contribution in [-0.4, -0.2) is 20.3 Å².